The van der Waals surface area contributed by atoms with Crippen LogP contribution in [0.2, 0.25) is 0 Å². The summed E-state index contributed by atoms with van der Waals surface area (Å²) in [5.41, 5.74) is 2.90. The van der Waals surface area contributed by atoms with Crippen molar-refractivity contribution >= 4 is 0 Å². The van der Waals surface area contributed by atoms with Gasteiger partial charge in [0.15, 0.2) is 0 Å². The molecule has 1 rings (SSSR count). The minimum absolute atomic E-state index is 0.902. The highest BCUT2D eigenvalue weighted by molar-refractivity contribution is 5.21. The molecule has 1 unspecified atom stereocenters. The lowest BCUT2D eigenvalue weighted by atomic mass is 9.89. The zero-order chi connectivity index (χ0) is 13.2. The smallest absolute Gasteiger partial charge is 0.0250 e. The third-order valence-corrected chi connectivity index (χ3v) is 3.83. The van der Waals surface area contributed by atoms with Gasteiger partial charge < -0.3 is 0 Å². The standard InChI is InChI=1S/C18H30/c1-4-6-8-10-17(9-7-5-2)15-18-13-11-16(3)12-14-18/h11-14,17H,4-10,15H2,1-3H3. The number of hydrogen-bond donors (Lipinski definition) is 0. The minimum Gasteiger partial charge on any atom is -0.0654 e. The zero-order valence-electron chi connectivity index (χ0n) is 12.5. The molecule has 0 spiro atoms. The van der Waals surface area contributed by atoms with Gasteiger partial charge in [-0.3, -0.25) is 0 Å². The lowest BCUT2D eigenvalue weighted by Crippen LogP contribution is -2.05. The van der Waals surface area contributed by atoms with E-state index < -0.39 is 0 Å². The van der Waals surface area contributed by atoms with Crippen LogP contribution in [0.5, 0.6) is 0 Å². The second-order valence-electron chi connectivity index (χ2n) is 5.69. The van der Waals surface area contributed by atoms with Gasteiger partial charge in [0.2, 0.25) is 0 Å². The van der Waals surface area contributed by atoms with Crippen LogP contribution in [0.1, 0.15) is 69.9 Å². The molecule has 0 nitrogen and oxygen atoms in total. The number of hydrogen-bond acceptors (Lipinski definition) is 0. The van der Waals surface area contributed by atoms with Gasteiger partial charge in [0.25, 0.3) is 0 Å². The molecule has 1 atom stereocenters. The molecule has 0 saturated carbocycles. The molecule has 0 fully saturated rings. The molecule has 1 aromatic rings. The van der Waals surface area contributed by atoms with E-state index in [0.717, 1.165) is 5.92 Å². The van der Waals surface area contributed by atoms with E-state index in [0.29, 0.717) is 0 Å². The van der Waals surface area contributed by atoms with E-state index in [2.05, 4.69) is 45.0 Å². The Morgan fingerprint density at radius 3 is 2.06 bits per heavy atom. The quantitative estimate of drug-likeness (QED) is 0.474. The van der Waals surface area contributed by atoms with Gasteiger partial charge in [0, 0.05) is 0 Å². The maximum atomic E-state index is 2.31. The molecule has 18 heavy (non-hydrogen) atoms. The van der Waals surface area contributed by atoms with Gasteiger partial charge in [-0.25, -0.2) is 0 Å². The number of unbranched alkanes of at least 4 members (excludes halogenated alkanes) is 3. The molecule has 0 aliphatic carbocycles. The van der Waals surface area contributed by atoms with Crippen LogP contribution in [-0.4, -0.2) is 0 Å². The molecule has 0 radical (unpaired) electrons. The molecule has 0 heteroatoms. The van der Waals surface area contributed by atoms with Gasteiger partial charge in [0.05, 0.1) is 0 Å². The van der Waals surface area contributed by atoms with Crippen LogP contribution < -0.4 is 0 Å². The van der Waals surface area contributed by atoms with E-state index in [1.807, 2.05) is 0 Å². The Morgan fingerprint density at radius 1 is 0.833 bits per heavy atom. The molecule has 0 aromatic heterocycles. The van der Waals surface area contributed by atoms with Gasteiger partial charge in [-0.1, -0.05) is 88.6 Å². The van der Waals surface area contributed by atoms with Gasteiger partial charge in [0.1, 0.15) is 0 Å². The molecule has 0 amide bonds. The predicted molar refractivity (Wildman–Crippen MR) is 82.0 cm³/mol. The summed E-state index contributed by atoms with van der Waals surface area (Å²) in [4.78, 5) is 0. The van der Waals surface area contributed by atoms with Crippen molar-refractivity contribution in [3.05, 3.63) is 35.4 Å². The molecule has 0 aliphatic rings. The molecular formula is C18H30. The fourth-order valence-electron chi connectivity index (χ4n) is 2.58. The first kappa shape index (κ1) is 15.3. The Balaban J connectivity index is 2.45. The molecule has 0 N–H and O–H groups in total. The molecule has 0 bridgehead atoms. The maximum Gasteiger partial charge on any atom is -0.0250 e. The van der Waals surface area contributed by atoms with Crippen LogP contribution in [0.3, 0.4) is 0 Å². The van der Waals surface area contributed by atoms with Crippen LogP contribution in [0.15, 0.2) is 24.3 Å². The molecule has 1 aromatic carbocycles. The van der Waals surface area contributed by atoms with Gasteiger partial charge in [-0.2, -0.15) is 0 Å². The second kappa shape index (κ2) is 9.19. The summed E-state index contributed by atoms with van der Waals surface area (Å²) in [7, 11) is 0. The van der Waals surface area contributed by atoms with E-state index in [-0.39, 0.29) is 0 Å². The fourth-order valence-corrected chi connectivity index (χ4v) is 2.58. The van der Waals surface area contributed by atoms with Crippen molar-refractivity contribution in [1.29, 1.82) is 0 Å². The molecule has 0 heterocycles. The van der Waals surface area contributed by atoms with Crippen LogP contribution >= 0.6 is 0 Å². The highest BCUT2D eigenvalue weighted by Crippen LogP contribution is 2.21. The number of aryl methyl sites for hydroxylation is 1. The number of benzene rings is 1. The van der Waals surface area contributed by atoms with Gasteiger partial charge in [-0.05, 0) is 24.8 Å². The van der Waals surface area contributed by atoms with Crippen molar-refractivity contribution in [2.75, 3.05) is 0 Å². The fraction of sp³-hybridized carbons (Fsp3) is 0.667. The summed E-state index contributed by atoms with van der Waals surface area (Å²) in [6, 6.07) is 9.12. The van der Waals surface area contributed by atoms with Crippen LogP contribution in [0.4, 0.5) is 0 Å². The van der Waals surface area contributed by atoms with Crippen LogP contribution in [0, 0.1) is 12.8 Å². The van der Waals surface area contributed by atoms with Gasteiger partial charge in [-0.15, -0.1) is 0 Å². The van der Waals surface area contributed by atoms with E-state index in [1.165, 1.54) is 62.5 Å². The maximum absolute atomic E-state index is 2.31. The first-order chi connectivity index (χ1) is 8.76. The summed E-state index contributed by atoms with van der Waals surface area (Å²) >= 11 is 0. The highest BCUT2D eigenvalue weighted by Gasteiger charge is 2.09. The van der Waals surface area contributed by atoms with Crippen LogP contribution in [-0.2, 0) is 6.42 Å². The predicted octanol–water partition coefficient (Wildman–Crippen LogP) is 5.92. The Hall–Kier alpha value is -0.780. The third-order valence-electron chi connectivity index (χ3n) is 3.83. The van der Waals surface area contributed by atoms with E-state index >= 15 is 0 Å². The third kappa shape index (κ3) is 6.23. The van der Waals surface area contributed by atoms with Crippen molar-refractivity contribution in [3.8, 4) is 0 Å². The lowest BCUT2D eigenvalue weighted by molar-refractivity contribution is 0.412. The second-order valence-corrected chi connectivity index (χ2v) is 5.69. The largest absolute Gasteiger partial charge is 0.0654 e. The van der Waals surface area contributed by atoms with Crippen molar-refractivity contribution in [2.45, 2.75) is 72.1 Å². The van der Waals surface area contributed by atoms with Crippen molar-refractivity contribution in [3.63, 3.8) is 0 Å². The summed E-state index contributed by atoms with van der Waals surface area (Å²) in [5, 5.41) is 0. The van der Waals surface area contributed by atoms with E-state index in [1.54, 1.807) is 0 Å². The number of rotatable bonds is 9. The average Bonchev–Trinajstić information content (AvgIpc) is 2.38. The summed E-state index contributed by atoms with van der Waals surface area (Å²) in [5.74, 6) is 0.902. The van der Waals surface area contributed by atoms with Gasteiger partial charge >= 0.3 is 0 Å². The normalized spacial score (nSPS) is 12.6. The Bertz CT molecular complexity index is 296. The molecule has 0 aliphatic heterocycles. The zero-order valence-corrected chi connectivity index (χ0v) is 12.5. The Labute approximate surface area is 114 Å². The summed E-state index contributed by atoms with van der Waals surface area (Å²) in [6.45, 7) is 6.76. The average molecular weight is 246 g/mol. The van der Waals surface area contributed by atoms with Crippen molar-refractivity contribution in [2.24, 2.45) is 5.92 Å². The molecule has 102 valence electrons. The topological polar surface area (TPSA) is 0 Å². The summed E-state index contributed by atoms with van der Waals surface area (Å²) < 4.78 is 0. The van der Waals surface area contributed by atoms with Crippen molar-refractivity contribution in [1.82, 2.24) is 0 Å². The van der Waals surface area contributed by atoms with Crippen LogP contribution in [0.25, 0.3) is 0 Å². The first-order valence-corrected chi connectivity index (χ1v) is 7.81. The lowest BCUT2D eigenvalue weighted by Gasteiger charge is -2.16. The van der Waals surface area contributed by atoms with Crippen molar-refractivity contribution < 1.29 is 0 Å². The highest BCUT2D eigenvalue weighted by atomic mass is 14.1. The molecular weight excluding hydrogens is 216 g/mol. The van der Waals surface area contributed by atoms with E-state index in [4.69, 9.17) is 0 Å². The summed E-state index contributed by atoms with van der Waals surface area (Å²) in [6.07, 6.45) is 11.0. The van der Waals surface area contributed by atoms with E-state index in [9.17, 15) is 0 Å². The minimum atomic E-state index is 0.902. The SMILES string of the molecule is CCCCCC(CCCC)Cc1ccc(C)cc1. The monoisotopic (exact) mass is 246 g/mol. The Kier molecular flexibility index (Phi) is 7.80. The molecule has 0 saturated heterocycles. The first-order valence-electron chi connectivity index (χ1n) is 7.81. The Morgan fingerprint density at radius 2 is 1.44 bits per heavy atom.